The molecule has 0 bridgehead atoms. The van der Waals surface area contributed by atoms with E-state index in [2.05, 4.69) is 4.98 Å². The molecule has 0 unspecified atom stereocenters. The number of pyridine rings is 1. The summed E-state index contributed by atoms with van der Waals surface area (Å²) in [4.78, 5) is 3.99. The van der Waals surface area contributed by atoms with Gasteiger partial charge in [0, 0.05) is 18.3 Å². The molecule has 0 aliphatic carbocycles. The van der Waals surface area contributed by atoms with Crippen LogP contribution < -0.4 is 0 Å². The summed E-state index contributed by atoms with van der Waals surface area (Å²) in [6.45, 7) is 0.112. The predicted octanol–water partition coefficient (Wildman–Crippen LogP) is 2.43. The highest BCUT2D eigenvalue weighted by Crippen LogP contribution is 2.23. The lowest BCUT2D eigenvalue weighted by atomic mass is 10.2. The summed E-state index contributed by atoms with van der Waals surface area (Å²) in [5, 5.41) is 9.32. The fourth-order valence-electron chi connectivity index (χ4n) is 1.77. The molecule has 0 saturated heterocycles. The Labute approximate surface area is 128 Å². The number of sulfonamides is 1. The third-order valence-corrected chi connectivity index (χ3v) is 4.94. The lowest BCUT2D eigenvalue weighted by Gasteiger charge is -2.17. The zero-order valence-electron chi connectivity index (χ0n) is 11.2. The first-order valence-corrected chi connectivity index (χ1v) is 7.83. The summed E-state index contributed by atoms with van der Waals surface area (Å²) in [5.41, 5.74) is 0.677. The normalized spacial score (nSPS) is 11.3. The summed E-state index contributed by atoms with van der Waals surface area (Å²) in [6.07, 6.45) is 1.59. The van der Waals surface area contributed by atoms with Gasteiger partial charge in [0.2, 0.25) is 10.0 Å². The van der Waals surface area contributed by atoms with Crippen LogP contribution in [0.15, 0.2) is 47.5 Å². The van der Waals surface area contributed by atoms with Crippen molar-refractivity contribution in [3.8, 4) is 6.07 Å². The number of nitriles is 1. The van der Waals surface area contributed by atoms with Crippen molar-refractivity contribution in [3.63, 3.8) is 0 Å². The van der Waals surface area contributed by atoms with Crippen LogP contribution in [0.4, 0.5) is 0 Å². The number of hydrogen-bond acceptors (Lipinski definition) is 4. The molecule has 0 fully saturated rings. The second kappa shape index (κ2) is 6.22. The second-order valence-corrected chi connectivity index (χ2v) is 6.78. The van der Waals surface area contributed by atoms with E-state index in [1.54, 1.807) is 24.4 Å². The number of hydrogen-bond donors (Lipinski definition) is 0. The van der Waals surface area contributed by atoms with Crippen molar-refractivity contribution in [3.05, 3.63) is 58.9 Å². The smallest absolute Gasteiger partial charge is 0.244 e. The van der Waals surface area contributed by atoms with Gasteiger partial charge >= 0.3 is 0 Å². The number of aromatic nitrogens is 1. The molecule has 0 aliphatic heterocycles. The molecule has 108 valence electrons. The van der Waals surface area contributed by atoms with Crippen LogP contribution in [0.1, 0.15) is 11.3 Å². The van der Waals surface area contributed by atoms with Crippen molar-refractivity contribution in [2.75, 3.05) is 7.05 Å². The lowest BCUT2D eigenvalue weighted by Crippen LogP contribution is -2.27. The van der Waals surface area contributed by atoms with Crippen molar-refractivity contribution < 1.29 is 8.42 Å². The Kier molecular flexibility index (Phi) is 4.58. The number of rotatable bonds is 4. The minimum atomic E-state index is -3.82. The van der Waals surface area contributed by atoms with Crippen molar-refractivity contribution in [2.24, 2.45) is 0 Å². The summed E-state index contributed by atoms with van der Waals surface area (Å²) >= 11 is 5.84. The van der Waals surface area contributed by atoms with Crippen LogP contribution in [0.25, 0.3) is 0 Å². The Hall–Kier alpha value is -1.94. The Balaban J connectivity index is 2.38. The fourth-order valence-corrected chi connectivity index (χ4v) is 3.32. The van der Waals surface area contributed by atoms with Crippen LogP contribution in [-0.4, -0.2) is 24.8 Å². The Morgan fingerprint density at radius 3 is 2.71 bits per heavy atom. The third-order valence-electron chi connectivity index (χ3n) is 2.86. The van der Waals surface area contributed by atoms with Crippen LogP contribution in [0.2, 0.25) is 5.02 Å². The van der Waals surface area contributed by atoms with Crippen molar-refractivity contribution >= 4 is 21.6 Å². The molecule has 1 aromatic heterocycles. The van der Waals surface area contributed by atoms with E-state index >= 15 is 0 Å². The van der Waals surface area contributed by atoms with Gasteiger partial charge in [0.05, 0.1) is 17.8 Å². The zero-order chi connectivity index (χ0) is 15.5. The molecule has 0 saturated carbocycles. The molecule has 1 heterocycles. The molecule has 21 heavy (non-hydrogen) atoms. The topological polar surface area (TPSA) is 74.1 Å². The lowest BCUT2D eigenvalue weighted by molar-refractivity contribution is 0.462. The van der Waals surface area contributed by atoms with Crippen LogP contribution in [0.5, 0.6) is 0 Å². The second-order valence-electron chi connectivity index (χ2n) is 4.33. The Bertz CT molecular complexity index is 786. The first kappa shape index (κ1) is 15.4. The maximum absolute atomic E-state index is 12.6. The van der Waals surface area contributed by atoms with E-state index < -0.39 is 10.0 Å². The summed E-state index contributed by atoms with van der Waals surface area (Å²) < 4.78 is 26.3. The largest absolute Gasteiger partial charge is 0.260 e. The van der Waals surface area contributed by atoms with E-state index in [0.29, 0.717) is 5.69 Å². The van der Waals surface area contributed by atoms with E-state index in [1.807, 2.05) is 6.07 Å². The van der Waals surface area contributed by atoms with Crippen LogP contribution in [0.3, 0.4) is 0 Å². The first-order chi connectivity index (χ1) is 9.95. The maximum atomic E-state index is 12.6. The molecule has 0 spiro atoms. The number of nitrogens with zero attached hydrogens (tertiary/aromatic N) is 3. The van der Waals surface area contributed by atoms with Gasteiger partial charge in [-0.05, 0) is 30.3 Å². The van der Waals surface area contributed by atoms with Crippen LogP contribution >= 0.6 is 11.6 Å². The van der Waals surface area contributed by atoms with Crippen molar-refractivity contribution in [2.45, 2.75) is 11.4 Å². The third kappa shape index (κ3) is 3.39. The average molecular weight is 322 g/mol. The molecule has 2 rings (SSSR count). The fraction of sp³-hybridized carbons (Fsp3) is 0.143. The summed E-state index contributed by atoms with van der Waals surface area (Å²) in [7, 11) is -2.38. The van der Waals surface area contributed by atoms with Gasteiger partial charge in [0.1, 0.15) is 11.0 Å². The average Bonchev–Trinajstić information content (AvgIpc) is 2.48. The van der Waals surface area contributed by atoms with Crippen molar-refractivity contribution in [1.82, 2.24) is 9.29 Å². The van der Waals surface area contributed by atoms with E-state index in [9.17, 15) is 8.42 Å². The molecule has 0 atom stereocenters. The molecule has 5 nitrogen and oxygen atoms in total. The van der Waals surface area contributed by atoms with Gasteiger partial charge in [-0.3, -0.25) is 4.98 Å². The highest BCUT2D eigenvalue weighted by Gasteiger charge is 2.24. The Morgan fingerprint density at radius 2 is 2.10 bits per heavy atom. The molecule has 0 aliphatic rings. The molecule has 0 N–H and O–H groups in total. The first-order valence-electron chi connectivity index (χ1n) is 6.01. The van der Waals surface area contributed by atoms with Gasteiger partial charge in [-0.2, -0.15) is 9.57 Å². The predicted molar refractivity (Wildman–Crippen MR) is 79.1 cm³/mol. The molecule has 0 amide bonds. The van der Waals surface area contributed by atoms with E-state index in [0.717, 1.165) is 4.31 Å². The number of benzene rings is 1. The monoisotopic (exact) mass is 321 g/mol. The Morgan fingerprint density at radius 1 is 1.33 bits per heavy atom. The number of halogens is 1. The van der Waals surface area contributed by atoms with Gasteiger partial charge in [-0.25, -0.2) is 8.42 Å². The standard InChI is InChI=1S/C14H12ClN3O2S/c1-18(10-13-4-2-3-7-17-13)21(19,20)14-8-12(15)6-5-11(14)9-16/h2-8H,10H2,1H3. The van der Waals surface area contributed by atoms with E-state index in [-0.39, 0.29) is 22.0 Å². The van der Waals surface area contributed by atoms with Gasteiger partial charge in [-0.15, -0.1) is 0 Å². The van der Waals surface area contributed by atoms with Gasteiger partial charge < -0.3 is 0 Å². The molecular weight excluding hydrogens is 310 g/mol. The maximum Gasteiger partial charge on any atom is 0.244 e. The van der Waals surface area contributed by atoms with Crippen molar-refractivity contribution in [1.29, 1.82) is 5.26 Å². The molecular formula is C14H12ClN3O2S. The molecule has 7 heteroatoms. The SMILES string of the molecule is CN(Cc1ccccn1)S(=O)(=O)c1cc(Cl)ccc1C#N. The van der Waals surface area contributed by atoms with Gasteiger partial charge in [0.25, 0.3) is 0 Å². The molecule has 0 radical (unpaired) electrons. The van der Waals surface area contributed by atoms with E-state index in [4.69, 9.17) is 16.9 Å². The van der Waals surface area contributed by atoms with Crippen LogP contribution in [0, 0.1) is 11.3 Å². The molecule has 2 aromatic rings. The van der Waals surface area contributed by atoms with Crippen LogP contribution in [-0.2, 0) is 16.6 Å². The zero-order valence-corrected chi connectivity index (χ0v) is 12.8. The quantitative estimate of drug-likeness (QED) is 0.866. The minimum absolute atomic E-state index is 0.0623. The van der Waals surface area contributed by atoms with Gasteiger partial charge in [0.15, 0.2) is 0 Å². The summed E-state index contributed by atoms with van der Waals surface area (Å²) in [6, 6.07) is 11.3. The highest BCUT2D eigenvalue weighted by atomic mass is 35.5. The van der Waals surface area contributed by atoms with Gasteiger partial charge in [-0.1, -0.05) is 17.7 Å². The highest BCUT2D eigenvalue weighted by molar-refractivity contribution is 7.89. The van der Waals surface area contributed by atoms with E-state index in [1.165, 1.54) is 25.2 Å². The molecule has 1 aromatic carbocycles. The minimum Gasteiger partial charge on any atom is -0.260 e. The summed E-state index contributed by atoms with van der Waals surface area (Å²) in [5.74, 6) is 0.